The van der Waals surface area contributed by atoms with Crippen molar-refractivity contribution in [2.45, 2.75) is 18.7 Å². The Labute approximate surface area is 112 Å². The lowest BCUT2D eigenvalue weighted by molar-refractivity contribution is -0.175. The van der Waals surface area contributed by atoms with Crippen LogP contribution in [0.15, 0.2) is 29.6 Å². The number of ether oxygens (including phenoxy) is 1. The van der Waals surface area contributed by atoms with Crippen LogP contribution in [0.25, 0.3) is 10.1 Å². The molecule has 2 aromatic rings. The molecule has 0 aliphatic rings. The van der Waals surface area contributed by atoms with Crippen molar-refractivity contribution in [2.75, 3.05) is 13.2 Å². The molecule has 1 N–H and O–H groups in total. The van der Waals surface area contributed by atoms with Crippen LogP contribution in [0.2, 0.25) is 0 Å². The molecule has 0 spiro atoms. The van der Waals surface area contributed by atoms with Gasteiger partial charge >= 0.3 is 6.18 Å². The zero-order chi connectivity index (χ0) is 13.9. The highest BCUT2D eigenvalue weighted by Crippen LogP contribution is 2.31. The van der Waals surface area contributed by atoms with Crippen LogP contribution in [-0.2, 0) is 4.74 Å². The molecular formula is C13H13F3O2S. The van der Waals surface area contributed by atoms with Crippen LogP contribution in [0, 0.1) is 0 Å². The van der Waals surface area contributed by atoms with Gasteiger partial charge in [-0.05, 0) is 22.4 Å². The molecular weight excluding hydrogens is 277 g/mol. The largest absolute Gasteiger partial charge is 0.411 e. The Bertz CT molecular complexity index is 536. The minimum absolute atomic E-state index is 0.120. The molecule has 0 saturated carbocycles. The quantitative estimate of drug-likeness (QED) is 0.846. The highest BCUT2D eigenvalue weighted by Gasteiger charge is 2.27. The normalized spacial score (nSPS) is 13.9. The molecule has 1 heterocycles. The fourth-order valence-electron chi connectivity index (χ4n) is 1.79. The molecule has 2 nitrogen and oxygen atoms in total. The third-order valence-electron chi connectivity index (χ3n) is 2.67. The van der Waals surface area contributed by atoms with Gasteiger partial charge in [-0.15, -0.1) is 11.3 Å². The van der Waals surface area contributed by atoms with Crippen molar-refractivity contribution in [1.29, 1.82) is 0 Å². The third kappa shape index (κ3) is 3.92. The first kappa shape index (κ1) is 14.3. The van der Waals surface area contributed by atoms with Crippen molar-refractivity contribution < 1.29 is 23.0 Å². The number of alkyl halides is 3. The Morgan fingerprint density at radius 2 is 2.00 bits per heavy atom. The van der Waals surface area contributed by atoms with E-state index in [1.165, 1.54) is 11.3 Å². The molecule has 19 heavy (non-hydrogen) atoms. The predicted molar refractivity (Wildman–Crippen MR) is 68.3 cm³/mol. The van der Waals surface area contributed by atoms with Crippen LogP contribution in [0.1, 0.15) is 18.1 Å². The Hall–Kier alpha value is -1.11. The van der Waals surface area contributed by atoms with Crippen molar-refractivity contribution in [3.05, 3.63) is 35.2 Å². The van der Waals surface area contributed by atoms with Gasteiger partial charge in [-0.2, -0.15) is 13.2 Å². The molecule has 0 radical (unpaired) electrons. The van der Waals surface area contributed by atoms with E-state index >= 15 is 0 Å². The van der Waals surface area contributed by atoms with Crippen LogP contribution < -0.4 is 0 Å². The molecule has 104 valence electrons. The highest BCUT2D eigenvalue weighted by atomic mass is 32.1. The fourth-order valence-corrected chi connectivity index (χ4v) is 2.80. The first-order chi connectivity index (χ1) is 8.97. The van der Waals surface area contributed by atoms with Gasteiger partial charge in [0.25, 0.3) is 0 Å². The number of aliphatic hydroxyl groups is 1. The number of halogens is 3. The maximum absolute atomic E-state index is 11.9. The zero-order valence-electron chi connectivity index (χ0n) is 9.98. The molecule has 1 unspecified atom stereocenters. The first-order valence-electron chi connectivity index (χ1n) is 5.76. The minimum Gasteiger partial charge on any atom is -0.388 e. The number of aliphatic hydroxyl groups excluding tert-OH is 1. The Morgan fingerprint density at radius 3 is 2.74 bits per heavy atom. The van der Waals surface area contributed by atoms with E-state index in [2.05, 4.69) is 4.74 Å². The molecule has 6 heteroatoms. The predicted octanol–water partition coefficient (Wildman–Crippen LogP) is 3.90. The van der Waals surface area contributed by atoms with Gasteiger partial charge in [0.2, 0.25) is 0 Å². The van der Waals surface area contributed by atoms with Crippen molar-refractivity contribution in [3.63, 3.8) is 0 Å². The monoisotopic (exact) mass is 290 g/mol. The molecule has 1 aromatic carbocycles. The molecule has 0 fully saturated rings. The average Bonchev–Trinajstić information content (AvgIpc) is 2.77. The van der Waals surface area contributed by atoms with E-state index in [1.54, 1.807) is 0 Å². The van der Waals surface area contributed by atoms with E-state index in [-0.39, 0.29) is 13.0 Å². The fraction of sp³-hybridized carbons (Fsp3) is 0.385. The second-order valence-corrected chi connectivity index (χ2v) is 5.07. The molecule has 1 atom stereocenters. The highest BCUT2D eigenvalue weighted by molar-refractivity contribution is 7.17. The summed E-state index contributed by atoms with van der Waals surface area (Å²) in [7, 11) is 0. The van der Waals surface area contributed by atoms with Gasteiger partial charge in [-0.3, -0.25) is 0 Å². The summed E-state index contributed by atoms with van der Waals surface area (Å²) >= 11 is 1.50. The summed E-state index contributed by atoms with van der Waals surface area (Å²) in [6.07, 6.45) is -4.97. The van der Waals surface area contributed by atoms with Gasteiger partial charge in [-0.1, -0.05) is 18.2 Å². The SMILES string of the molecule is OC(CCOCC(F)(F)F)c1csc2ccccc12. The van der Waals surface area contributed by atoms with E-state index in [9.17, 15) is 18.3 Å². The number of hydrogen-bond acceptors (Lipinski definition) is 3. The smallest absolute Gasteiger partial charge is 0.388 e. The van der Waals surface area contributed by atoms with Gasteiger partial charge in [0.05, 0.1) is 6.10 Å². The lowest BCUT2D eigenvalue weighted by atomic mass is 10.1. The van der Waals surface area contributed by atoms with Crippen LogP contribution in [0.4, 0.5) is 13.2 Å². The Morgan fingerprint density at radius 1 is 1.26 bits per heavy atom. The van der Waals surface area contributed by atoms with Gasteiger partial charge < -0.3 is 9.84 Å². The Kier molecular flexibility index (Phi) is 4.44. The van der Waals surface area contributed by atoms with E-state index in [1.807, 2.05) is 29.6 Å². The number of benzene rings is 1. The molecule has 1 aromatic heterocycles. The van der Waals surface area contributed by atoms with Gasteiger partial charge in [0.15, 0.2) is 0 Å². The maximum Gasteiger partial charge on any atom is 0.411 e. The van der Waals surface area contributed by atoms with Crippen molar-refractivity contribution in [2.24, 2.45) is 0 Å². The number of hydrogen-bond donors (Lipinski definition) is 1. The summed E-state index contributed by atoms with van der Waals surface area (Å²) in [6, 6.07) is 7.60. The lowest BCUT2D eigenvalue weighted by Crippen LogP contribution is -2.18. The zero-order valence-corrected chi connectivity index (χ0v) is 10.8. The summed E-state index contributed by atoms with van der Waals surface area (Å²) in [4.78, 5) is 0. The number of fused-ring (bicyclic) bond motifs is 1. The first-order valence-corrected chi connectivity index (χ1v) is 6.64. The van der Waals surface area contributed by atoms with Crippen molar-refractivity contribution in [3.8, 4) is 0 Å². The van der Waals surface area contributed by atoms with Crippen molar-refractivity contribution >= 4 is 21.4 Å². The maximum atomic E-state index is 11.9. The topological polar surface area (TPSA) is 29.5 Å². The van der Waals surface area contributed by atoms with Gasteiger partial charge in [0.1, 0.15) is 6.61 Å². The molecule has 2 rings (SSSR count). The minimum atomic E-state index is -4.32. The molecule has 0 amide bonds. The summed E-state index contributed by atoms with van der Waals surface area (Å²) < 4.78 is 41.2. The van der Waals surface area contributed by atoms with Crippen LogP contribution in [0.5, 0.6) is 0 Å². The van der Waals surface area contributed by atoms with Crippen LogP contribution >= 0.6 is 11.3 Å². The number of rotatable bonds is 5. The van der Waals surface area contributed by atoms with E-state index < -0.39 is 18.9 Å². The molecule has 0 bridgehead atoms. The number of thiophene rings is 1. The molecule has 0 aliphatic carbocycles. The summed E-state index contributed by atoms with van der Waals surface area (Å²) in [5, 5.41) is 12.8. The van der Waals surface area contributed by atoms with Crippen LogP contribution in [-0.4, -0.2) is 24.5 Å². The second-order valence-electron chi connectivity index (χ2n) is 4.16. The summed E-state index contributed by atoms with van der Waals surface area (Å²) in [6.45, 7) is -1.39. The second kappa shape index (κ2) is 5.90. The van der Waals surface area contributed by atoms with Gasteiger partial charge in [-0.25, -0.2) is 0 Å². The van der Waals surface area contributed by atoms with E-state index in [0.717, 1.165) is 15.6 Å². The van der Waals surface area contributed by atoms with E-state index in [4.69, 9.17) is 0 Å². The summed E-state index contributed by atoms with van der Waals surface area (Å²) in [5.41, 5.74) is 0.746. The average molecular weight is 290 g/mol. The third-order valence-corrected chi connectivity index (χ3v) is 3.65. The van der Waals surface area contributed by atoms with Crippen molar-refractivity contribution in [1.82, 2.24) is 0 Å². The van der Waals surface area contributed by atoms with Crippen LogP contribution in [0.3, 0.4) is 0 Å². The standard InChI is InChI=1S/C13H13F3O2S/c14-13(15,16)8-18-6-5-11(17)10-7-19-12-4-2-1-3-9(10)12/h1-4,7,11,17H,5-6,8H2. The van der Waals surface area contributed by atoms with Gasteiger partial charge in [0, 0.05) is 17.7 Å². The molecule has 0 aliphatic heterocycles. The summed E-state index contributed by atoms with van der Waals surface area (Å²) in [5.74, 6) is 0. The lowest BCUT2D eigenvalue weighted by Gasteiger charge is -2.11. The van der Waals surface area contributed by atoms with E-state index in [0.29, 0.717) is 0 Å². The molecule has 0 saturated heterocycles. The Balaban J connectivity index is 1.91.